The molecule has 1 N–H and O–H groups in total. The second-order valence-corrected chi connectivity index (χ2v) is 6.58. The Labute approximate surface area is 130 Å². The van der Waals surface area contributed by atoms with Crippen molar-refractivity contribution in [2.75, 3.05) is 12.4 Å². The largest absolute Gasteiger partial charge is 0.480 e. The first-order valence-corrected chi connectivity index (χ1v) is 7.43. The minimum absolute atomic E-state index is 0.105. The van der Waals surface area contributed by atoms with Crippen LogP contribution >= 0.6 is 11.6 Å². The Balaban J connectivity index is 2.00. The number of hydrogen-bond acceptors (Lipinski definition) is 3. The van der Waals surface area contributed by atoms with Crippen molar-refractivity contribution in [3.8, 4) is 5.88 Å². The molecule has 0 saturated heterocycles. The van der Waals surface area contributed by atoms with E-state index in [-0.39, 0.29) is 11.5 Å². The molecule has 4 heteroatoms. The Bertz CT molecular complexity index is 670. The number of anilines is 1. The standard InChI is InChI=1S/C17H19ClN2O/c1-17(2)10-11-6-7-12(18)9-13(11)15(17)20-14-5-4-8-19-16(14)21-3/h4-9,15,20H,10H2,1-3H3. The zero-order valence-electron chi connectivity index (χ0n) is 12.5. The third kappa shape index (κ3) is 2.58. The van der Waals surface area contributed by atoms with Crippen LogP contribution in [0, 0.1) is 5.41 Å². The number of ether oxygens (including phenoxy) is 1. The van der Waals surface area contributed by atoms with Crippen LogP contribution in [0.4, 0.5) is 5.69 Å². The summed E-state index contributed by atoms with van der Waals surface area (Å²) < 4.78 is 5.34. The molecule has 0 saturated carbocycles. The predicted octanol–water partition coefficient (Wildman–Crippen LogP) is 4.48. The molecule has 21 heavy (non-hydrogen) atoms. The van der Waals surface area contributed by atoms with Gasteiger partial charge in [-0.3, -0.25) is 0 Å². The molecule has 3 nitrogen and oxygen atoms in total. The van der Waals surface area contributed by atoms with Crippen LogP contribution in [0.25, 0.3) is 0 Å². The van der Waals surface area contributed by atoms with Gasteiger partial charge in [-0.15, -0.1) is 0 Å². The molecule has 1 heterocycles. The topological polar surface area (TPSA) is 34.1 Å². The average Bonchev–Trinajstić information content (AvgIpc) is 2.70. The molecule has 1 atom stereocenters. The summed E-state index contributed by atoms with van der Waals surface area (Å²) in [6, 6.07) is 10.2. The predicted molar refractivity (Wildman–Crippen MR) is 86.1 cm³/mol. The Morgan fingerprint density at radius 2 is 2.14 bits per heavy atom. The van der Waals surface area contributed by atoms with Crippen LogP contribution < -0.4 is 10.1 Å². The number of benzene rings is 1. The van der Waals surface area contributed by atoms with Gasteiger partial charge in [0, 0.05) is 11.2 Å². The first kappa shape index (κ1) is 14.2. The molecule has 0 fully saturated rings. The van der Waals surface area contributed by atoms with Crippen molar-refractivity contribution < 1.29 is 4.74 Å². The van der Waals surface area contributed by atoms with Crippen LogP contribution in [0.2, 0.25) is 5.02 Å². The normalized spacial score (nSPS) is 19.1. The van der Waals surface area contributed by atoms with Crippen LogP contribution in [0.15, 0.2) is 36.5 Å². The Morgan fingerprint density at radius 1 is 1.33 bits per heavy atom. The smallest absolute Gasteiger partial charge is 0.237 e. The fourth-order valence-corrected chi connectivity index (χ4v) is 3.28. The number of rotatable bonds is 3. The highest BCUT2D eigenvalue weighted by molar-refractivity contribution is 6.30. The monoisotopic (exact) mass is 302 g/mol. The molecule has 3 rings (SSSR count). The molecule has 0 aliphatic heterocycles. The molecule has 1 unspecified atom stereocenters. The van der Waals surface area contributed by atoms with Crippen LogP contribution in [0.3, 0.4) is 0 Å². The van der Waals surface area contributed by atoms with E-state index in [0.717, 1.165) is 17.1 Å². The summed E-state index contributed by atoms with van der Waals surface area (Å²) in [4.78, 5) is 4.25. The van der Waals surface area contributed by atoms with Gasteiger partial charge >= 0.3 is 0 Å². The molecule has 110 valence electrons. The lowest BCUT2D eigenvalue weighted by Gasteiger charge is -2.29. The first-order chi connectivity index (χ1) is 10.0. The summed E-state index contributed by atoms with van der Waals surface area (Å²) in [6.07, 6.45) is 2.76. The maximum Gasteiger partial charge on any atom is 0.237 e. The van der Waals surface area contributed by atoms with Gasteiger partial charge in [-0.2, -0.15) is 0 Å². The number of methoxy groups -OCH3 is 1. The number of pyridine rings is 1. The molecule has 0 amide bonds. The number of nitrogens with zero attached hydrogens (tertiary/aromatic N) is 1. The van der Waals surface area contributed by atoms with Crippen LogP contribution in [0.5, 0.6) is 5.88 Å². The Hall–Kier alpha value is -1.74. The van der Waals surface area contributed by atoms with Gasteiger partial charge < -0.3 is 10.1 Å². The van der Waals surface area contributed by atoms with E-state index in [9.17, 15) is 0 Å². The summed E-state index contributed by atoms with van der Waals surface area (Å²) in [5.74, 6) is 0.615. The molecule has 0 radical (unpaired) electrons. The minimum atomic E-state index is 0.105. The highest BCUT2D eigenvalue weighted by atomic mass is 35.5. The molecular weight excluding hydrogens is 284 g/mol. The van der Waals surface area contributed by atoms with Gasteiger partial charge in [-0.25, -0.2) is 4.98 Å². The van der Waals surface area contributed by atoms with E-state index < -0.39 is 0 Å². The molecule has 1 aromatic heterocycles. The molecule has 2 aromatic rings. The van der Waals surface area contributed by atoms with E-state index in [4.69, 9.17) is 16.3 Å². The lowest BCUT2D eigenvalue weighted by atomic mass is 9.85. The lowest BCUT2D eigenvalue weighted by molar-refractivity contribution is 0.335. The molecule has 1 aliphatic carbocycles. The van der Waals surface area contributed by atoms with E-state index >= 15 is 0 Å². The Morgan fingerprint density at radius 3 is 2.90 bits per heavy atom. The van der Waals surface area contributed by atoms with Crippen molar-refractivity contribution in [3.05, 3.63) is 52.7 Å². The Kier molecular flexibility index (Phi) is 3.54. The van der Waals surface area contributed by atoms with Crippen LogP contribution in [0.1, 0.15) is 31.0 Å². The third-order valence-electron chi connectivity index (χ3n) is 4.11. The number of halogens is 1. The van der Waals surface area contributed by atoms with Crippen molar-refractivity contribution >= 4 is 17.3 Å². The van der Waals surface area contributed by atoms with Gasteiger partial charge in [-0.05, 0) is 47.2 Å². The van der Waals surface area contributed by atoms with Gasteiger partial charge in [0.05, 0.1) is 18.8 Å². The summed E-state index contributed by atoms with van der Waals surface area (Å²) in [5.41, 5.74) is 3.63. The zero-order valence-corrected chi connectivity index (χ0v) is 13.2. The SMILES string of the molecule is COc1ncccc1NC1c2cc(Cl)ccc2CC1(C)C. The summed E-state index contributed by atoms with van der Waals surface area (Å²) in [7, 11) is 1.64. The average molecular weight is 303 g/mol. The summed E-state index contributed by atoms with van der Waals surface area (Å²) >= 11 is 6.18. The van der Waals surface area contributed by atoms with Gasteiger partial charge in [0.1, 0.15) is 0 Å². The maximum absolute atomic E-state index is 6.18. The second-order valence-electron chi connectivity index (χ2n) is 6.15. The van der Waals surface area contributed by atoms with Crippen molar-refractivity contribution in [1.29, 1.82) is 0 Å². The van der Waals surface area contributed by atoms with Gasteiger partial charge in [-0.1, -0.05) is 31.5 Å². The van der Waals surface area contributed by atoms with E-state index in [1.807, 2.05) is 18.2 Å². The first-order valence-electron chi connectivity index (χ1n) is 7.05. The molecule has 1 aromatic carbocycles. The number of hydrogen-bond donors (Lipinski definition) is 1. The molecule has 1 aliphatic rings. The zero-order chi connectivity index (χ0) is 15.0. The molecule has 0 spiro atoms. The van der Waals surface area contributed by atoms with Crippen molar-refractivity contribution in [3.63, 3.8) is 0 Å². The highest BCUT2D eigenvalue weighted by Crippen LogP contribution is 2.48. The van der Waals surface area contributed by atoms with E-state index in [1.54, 1.807) is 13.3 Å². The van der Waals surface area contributed by atoms with Gasteiger partial charge in [0.15, 0.2) is 0 Å². The lowest BCUT2D eigenvalue weighted by Crippen LogP contribution is -2.24. The highest BCUT2D eigenvalue weighted by Gasteiger charge is 2.39. The van der Waals surface area contributed by atoms with E-state index in [2.05, 4.69) is 36.3 Å². The third-order valence-corrected chi connectivity index (χ3v) is 4.35. The number of fused-ring (bicyclic) bond motifs is 1. The van der Waals surface area contributed by atoms with Gasteiger partial charge in [0.2, 0.25) is 5.88 Å². The van der Waals surface area contributed by atoms with E-state index in [0.29, 0.717) is 5.88 Å². The quantitative estimate of drug-likeness (QED) is 0.907. The fraction of sp³-hybridized carbons (Fsp3) is 0.353. The van der Waals surface area contributed by atoms with Crippen molar-refractivity contribution in [2.24, 2.45) is 5.41 Å². The van der Waals surface area contributed by atoms with E-state index in [1.165, 1.54) is 11.1 Å². The molecular formula is C17H19ClN2O. The van der Waals surface area contributed by atoms with Crippen LogP contribution in [-0.2, 0) is 6.42 Å². The second kappa shape index (κ2) is 5.23. The summed E-state index contributed by atoms with van der Waals surface area (Å²) in [5, 5.41) is 4.36. The fourth-order valence-electron chi connectivity index (χ4n) is 3.10. The van der Waals surface area contributed by atoms with Crippen molar-refractivity contribution in [1.82, 2.24) is 4.98 Å². The maximum atomic E-state index is 6.18. The van der Waals surface area contributed by atoms with Gasteiger partial charge in [0.25, 0.3) is 0 Å². The number of nitrogens with one attached hydrogen (secondary N) is 1. The molecule has 0 bridgehead atoms. The minimum Gasteiger partial charge on any atom is -0.480 e. The van der Waals surface area contributed by atoms with Crippen molar-refractivity contribution in [2.45, 2.75) is 26.3 Å². The van der Waals surface area contributed by atoms with Crippen LogP contribution in [-0.4, -0.2) is 12.1 Å². The summed E-state index contributed by atoms with van der Waals surface area (Å²) in [6.45, 7) is 4.53. The number of aromatic nitrogens is 1.